The van der Waals surface area contributed by atoms with E-state index in [4.69, 9.17) is 19.4 Å². The molecule has 0 saturated carbocycles. The predicted molar refractivity (Wildman–Crippen MR) is 260 cm³/mol. The Bertz CT molecular complexity index is 3240. The standard InChI is InChI=1S/C34H20N3O.C22H30GeN.Ir/c1-3-11-23(12-4-1)29-21-19-27-26-16-9-17-28(32(26)38-34(27)36-29)33-35-30-20-18-22-10-7-8-15-25(22)31(30)37(33)24-13-5-2-6-14-24;1-16(2)12-20-14-22(24-15-21(20)23(3,4)5)19-11-10-17-8-6-7-9-18(17)13-19;/h1-16,18-21H;10,13-16H,6-9,12H2,1-5H3;/q2*-1;. The van der Waals surface area contributed by atoms with E-state index >= 15 is 0 Å². The number of hydrogen-bond donors (Lipinski definition) is 0. The molecule has 5 nitrogen and oxygen atoms in total. The van der Waals surface area contributed by atoms with Crippen LogP contribution < -0.4 is 4.40 Å². The Kier molecular flexibility index (Phi) is 12.1. The van der Waals surface area contributed by atoms with E-state index in [2.05, 4.69) is 151 Å². The number of pyridine rings is 2. The molecule has 7 heteroatoms. The summed E-state index contributed by atoms with van der Waals surface area (Å²) in [6, 6.07) is 55.2. The van der Waals surface area contributed by atoms with Gasteiger partial charge in [-0.3, -0.25) is 4.98 Å². The molecule has 4 aromatic heterocycles. The minimum atomic E-state index is -1.89. The number of hydrogen-bond acceptors (Lipinski definition) is 4. The van der Waals surface area contributed by atoms with Gasteiger partial charge in [-0.15, -0.1) is 18.2 Å². The smallest absolute Gasteiger partial charge is 0.216 e. The van der Waals surface area contributed by atoms with Gasteiger partial charge >= 0.3 is 150 Å². The molecule has 1 radical (unpaired) electrons. The first-order valence-electron chi connectivity index (χ1n) is 22.0. The van der Waals surface area contributed by atoms with Gasteiger partial charge in [0.2, 0.25) is 5.71 Å². The second-order valence-electron chi connectivity index (χ2n) is 18.1. The molecule has 1 aliphatic carbocycles. The van der Waals surface area contributed by atoms with Gasteiger partial charge in [-0.25, -0.2) is 4.98 Å². The third-order valence-electron chi connectivity index (χ3n) is 12.1. The van der Waals surface area contributed by atoms with E-state index in [-0.39, 0.29) is 20.1 Å². The molecule has 4 heterocycles. The maximum absolute atomic E-state index is 6.48. The molecule has 1 aliphatic rings. The van der Waals surface area contributed by atoms with Gasteiger partial charge in [-0.2, -0.15) is 0 Å². The van der Waals surface area contributed by atoms with Crippen LogP contribution in [0.15, 0.2) is 150 Å². The third-order valence-corrected chi connectivity index (χ3v) is 16.5. The predicted octanol–water partition coefficient (Wildman–Crippen LogP) is 13.8. The van der Waals surface area contributed by atoms with Gasteiger partial charge in [0.1, 0.15) is 0 Å². The van der Waals surface area contributed by atoms with E-state index in [9.17, 15) is 0 Å². The summed E-state index contributed by atoms with van der Waals surface area (Å²) >= 11 is -1.89. The minimum absolute atomic E-state index is 0. The first-order valence-corrected chi connectivity index (χ1v) is 29.3. The fourth-order valence-corrected chi connectivity index (χ4v) is 12.5. The Labute approximate surface area is 386 Å². The molecule has 0 fully saturated rings. The summed E-state index contributed by atoms with van der Waals surface area (Å²) in [5.41, 5.74) is 13.9. The number of para-hydroxylation sites is 1. The van der Waals surface area contributed by atoms with Crippen molar-refractivity contribution in [3.8, 4) is 39.6 Å². The normalized spacial score (nSPS) is 12.7. The maximum Gasteiger partial charge on any atom is 0.216 e. The molecule has 0 saturated heterocycles. The molecule has 0 N–H and O–H groups in total. The molecule has 0 spiro atoms. The molecule has 0 amide bonds. The van der Waals surface area contributed by atoms with Gasteiger partial charge in [0, 0.05) is 42.1 Å². The molecule has 0 unspecified atom stereocenters. The number of aryl methyl sites for hydroxylation is 2. The summed E-state index contributed by atoms with van der Waals surface area (Å²) in [5, 5.41) is 4.30. The third kappa shape index (κ3) is 8.45. The van der Waals surface area contributed by atoms with Crippen LogP contribution in [-0.2, 0) is 39.4 Å². The molecule has 0 bridgehead atoms. The van der Waals surface area contributed by atoms with Gasteiger partial charge < -0.3 is 8.98 Å². The average molecular weight is 1060 g/mol. The molecule has 11 rings (SSSR count). The molecule has 10 aromatic rings. The number of furan rings is 1. The second-order valence-corrected chi connectivity index (χ2v) is 28.6. The number of fused-ring (bicyclic) bond motifs is 7. The van der Waals surface area contributed by atoms with Gasteiger partial charge in [-0.05, 0) is 35.7 Å². The van der Waals surface area contributed by atoms with Crippen molar-refractivity contribution in [3.63, 3.8) is 0 Å². The summed E-state index contributed by atoms with van der Waals surface area (Å²) in [5.74, 6) is 8.86. The van der Waals surface area contributed by atoms with Crippen molar-refractivity contribution in [3.05, 3.63) is 175 Å². The fourth-order valence-electron chi connectivity index (χ4n) is 9.13. The van der Waals surface area contributed by atoms with E-state index in [1.807, 2.05) is 42.5 Å². The van der Waals surface area contributed by atoms with Crippen LogP contribution in [0.25, 0.3) is 83.5 Å². The van der Waals surface area contributed by atoms with Crippen LogP contribution in [0, 0.1) is 18.1 Å². The van der Waals surface area contributed by atoms with Crippen molar-refractivity contribution in [1.82, 2.24) is 19.5 Å². The SMILES string of the molecule is CC(C)Cc1cc(-c2[c-]cc3c(c2)CCCC3)nc[c]1[Ge]([CH3])([CH3])[CH3].[Ir].[c-]1ccc2c(oc3nc(-c4ccccc4)ccc32)c1-c1nc2ccc3ccccc3c2n1-c1ccccc1. The molecule has 0 aliphatic heterocycles. The molecule has 0 atom stereocenters. The zero-order valence-corrected chi connectivity index (χ0v) is 41.0. The van der Waals surface area contributed by atoms with E-state index in [1.54, 1.807) is 4.40 Å². The van der Waals surface area contributed by atoms with Crippen molar-refractivity contribution in [1.29, 1.82) is 0 Å². The monoisotopic (exact) mass is 1060 g/mol. The fraction of sp³-hybridized carbons (Fsp3) is 0.196. The van der Waals surface area contributed by atoms with E-state index in [1.165, 1.54) is 53.3 Å². The van der Waals surface area contributed by atoms with E-state index in [0.29, 0.717) is 11.6 Å². The number of nitrogens with zero attached hydrogens (tertiary/aromatic N) is 4. The van der Waals surface area contributed by atoms with Gasteiger partial charge in [-0.1, -0.05) is 89.8 Å². The van der Waals surface area contributed by atoms with Crippen molar-refractivity contribution < 1.29 is 24.5 Å². The second kappa shape index (κ2) is 17.8. The first kappa shape index (κ1) is 42.6. The maximum atomic E-state index is 6.48. The van der Waals surface area contributed by atoms with Crippen LogP contribution in [0.3, 0.4) is 0 Å². The summed E-state index contributed by atoms with van der Waals surface area (Å²) in [6.45, 7) is 4.62. The molecule has 6 aromatic carbocycles. The zero-order valence-electron chi connectivity index (χ0n) is 36.5. The van der Waals surface area contributed by atoms with Crippen molar-refractivity contribution >= 4 is 61.5 Å². The van der Waals surface area contributed by atoms with E-state index in [0.717, 1.165) is 73.2 Å². The Morgan fingerprint density at radius 1 is 0.714 bits per heavy atom. The number of rotatable bonds is 7. The van der Waals surface area contributed by atoms with Crippen LogP contribution in [0.4, 0.5) is 0 Å². The van der Waals surface area contributed by atoms with Crippen molar-refractivity contribution in [2.75, 3.05) is 0 Å². The van der Waals surface area contributed by atoms with Crippen molar-refractivity contribution in [2.24, 2.45) is 5.92 Å². The summed E-state index contributed by atoms with van der Waals surface area (Å²) in [4.78, 5) is 14.9. The number of aromatic nitrogens is 4. The minimum Gasteiger partial charge on any atom is -0.486 e. The topological polar surface area (TPSA) is 56.7 Å². The molecule has 63 heavy (non-hydrogen) atoms. The summed E-state index contributed by atoms with van der Waals surface area (Å²) in [7, 11) is 0. The molecular formula is C56H50GeIrN4O-2. The largest absolute Gasteiger partial charge is 0.486 e. The first-order chi connectivity index (χ1) is 30.2. The van der Waals surface area contributed by atoms with Crippen molar-refractivity contribution in [2.45, 2.75) is 63.2 Å². The average Bonchev–Trinajstić information content (AvgIpc) is 3.88. The number of benzene rings is 6. The van der Waals surface area contributed by atoms with Gasteiger partial charge in [0.05, 0.1) is 28.1 Å². The Morgan fingerprint density at radius 2 is 1.46 bits per heavy atom. The van der Waals surface area contributed by atoms with Gasteiger partial charge in [0.25, 0.3) is 0 Å². The van der Waals surface area contributed by atoms with Crippen LogP contribution in [0.5, 0.6) is 0 Å². The Balaban J connectivity index is 0.000000175. The quantitative estimate of drug-likeness (QED) is 0.118. The molecular weight excluding hydrogens is 1010 g/mol. The Morgan fingerprint density at radius 3 is 2.24 bits per heavy atom. The number of imidazole rings is 1. The summed E-state index contributed by atoms with van der Waals surface area (Å²) in [6.07, 6.45) is 8.40. The summed E-state index contributed by atoms with van der Waals surface area (Å²) < 4.78 is 10.3. The molecule has 315 valence electrons. The van der Waals surface area contributed by atoms with Crippen LogP contribution in [-0.4, -0.2) is 32.8 Å². The van der Waals surface area contributed by atoms with Gasteiger partial charge in [0.15, 0.2) is 0 Å². The Hall–Kier alpha value is -5.66. The van der Waals surface area contributed by atoms with Crippen LogP contribution in [0.1, 0.15) is 43.4 Å². The van der Waals surface area contributed by atoms with E-state index < -0.39 is 13.3 Å². The zero-order chi connectivity index (χ0) is 42.4. The van der Waals surface area contributed by atoms with Crippen LogP contribution >= 0.6 is 0 Å². The van der Waals surface area contributed by atoms with Crippen LogP contribution in [0.2, 0.25) is 17.3 Å².